The van der Waals surface area contributed by atoms with Crippen LogP contribution in [0, 0.1) is 23.0 Å². The highest BCUT2D eigenvalue weighted by atomic mass is 35.5. The second-order valence-electron chi connectivity index (χ2n) is 16.9. The summed E-state index contributed by atoms with van der Waals surface area (Å²) in [5.74, 6) is -8.65. The molecule has 2 N–H and O–H groups in total. The first-order valence-corrected chi connectivity index (χ1v) is 21.6. The summed E-state index contributed by atoms with van der Waals surface area (Å²) >= 11 is 6.62. The molecule has 2 aliphatic carbocycles. The van der Waals surface area contributed by atoms with Crippen LogP contribution in [0.25, 0.3) is 27.5 Å². The fourth-order valence-electron chi connectivity index (χ4n) is 8.12. The predicted molar refractivity (Wildman–Crippen MR) is 218 cm³/mol. The zero-order valence-electron chi connectivity index (χ0n) is 33.7. The number of aryl methyl sites for hydroxylation is 1. The van der Waals surface area contributed by atoms with E-state index < -0.39 is 87.7 Å². The molecule has 0 spiro atoms. The topological polar surface area (TPSA) is 155 Å². The number of carbonyl (C=O) groups is 1. The lowest BCUT2D eigenvalue weighted by Gasteiger charge is -2.24. The molecule has 6 aromatic rings. The molecule has 1 amide bonds. The van der Waals surface area contributed by atoms with Crippen molar-refractivity contribution in [1.82, 2.24) is 34.4 Å². The number of fused-ring (bicyclic) bond motifs is 5. The largest absolute Gasteiger partial charge is 0.493 e. The van der Waals surface area contributed by atoms with E-state index in [1.165, 1.54) is 36.0 Å². The van der Waals surface area contributed by atoms with E-state index in [0.29, 0.717) is 29.5 Å². The SMILES string of the molecule is Cn1nc(NS(C)(=O)=O)c2c(Cl)ccc(-n3c([C@H](Cc4cc(F)cc(F)c4)NC(=O)Cn4nc(C(F)F)c5c4C(F)(F)[C@@H]4C[C@H]54)nc4cc(OCCC(C)(C)C)ccc4c3=O)c21. The van der Waals surface area contributed by atoms with E-state index in [4.69, 9.17) is 21.3 Å². The Morgan fingerprint density at radius 2 is 1.77 bits per heavy atom. The molecule has 3 atom stereocenters. The van der Waals surface area contributed by atoms with E-state index in [2.05, 4.69) is 20.2 Å². The van der Waals surface area contributed by atoms with Gasteiger partial charge >= 0.3 is 0 Å². The van der Waals surface area contributed by atoms with Crippen molar-refractivity contribution in [2.75, 3.05) is 17.6 Å². The predicted octanol–water partition coefficient (Wildman–Crippen LogP) is 7.83. The average molecular weight is 905 g/mol. The molecule has 1 saturated carbocycles. The Bertz CT molecular complexity index is 2960. The smallest absolute Gasteiger partial charge is 0.293 e. The van der Waals surface area contributed by atoms with Gasteiger partial charge in [0, 0.05) is 37.1 Å². The fourth-order valence-corrected chi connectivity index (χ4v) is 8.86. The van der Waals surface area contributed by atoms with Crippen molar-refractivity contribution in [2.24, 2.45) is 18.4 Å². The number of hydrogen-bond acceptors (Lipinski definition) is 8. The number of nitrogens with one attached hydrogen (secondary N) is 2. The Balaban J connectivity index is 1.32. The van der Waals surface area contributed by atoms with E-state index >= 15 is 8.78 Å². The summed E-state index contributed by atoms with van der Waals surface area (Å²) in [4.78, 5) is 33.9. The first-order valence-electron chi connectivity index (χ1n) is 19.3. The van der Waals surface area contributed by atoms with Gasteiger partial charge in [-0.1, -0.05) is 32.4 Å². The molecule has 0 unspecified atom stereocenters. The monoisotopic (exact) mass is 904 g/mol. The van der Waals surface area contributed by atoms with Crippen molar-refractivity contribution in [3.05, 3.63) is 104 Å². The summed E-state index contributed by atoms with van der Waals surface area (Å²) in [5, 5.41) is 10.9. The maximum atomic E-state index is 15.5. The number of rotatable bonds is 13. The van der Waals surface area contributed by atoms with Crippen LogP contribution >= 0.6 is 11.6 Å². The summed E-state index contributed by atoms with van der Waals surface area (Å²) in [6.07, 6.45) is -2.08. The minimum absolute atomic E-state index is 0.00116. The third-order valence-electron chi connectivity index (χ3n) is 10.9. The number of anilines is 1. The molecule has 0 bridgehead atoms. The van der Waals surface area contributed by atoms with Crippen LogP contribution in [-0.2, 0) is 40.8 Å². The molecule has 3 heterocycles. The molecule has 1 fully saturated rings. The van der Waals surface area contributed by atoms with Gasteiger partial charge in [-0.25, -0.2) is 31.0 Å². The van der Waals surface area contributed by atoms with Crippen molar-refractivity contribution in [3.63, 3.8) is 0 Å². The zero-order chi connectivity index (χ0) is 44.8. The van der Waals surface area contributed by atoms with Crippen LogP contribution in [0.2, 0.25) is 5.02 Å². The molecule has 8 rings (SSSR count). The second kappa shape index (κ2) is 15.3. The first kappa shape index (κ1) is 43.0. The minimum atomic E-state index is -3.91. The number of alkyl halides is 4. The van der Waals surface area contributed by atoms with Gasteiger partial charge in [-0.3, -0.25) is 28.2 Å². The van der Waals surface area contributed by atoms with Crippen molar-refractivity contribution in [1.29, 1.82) is 0 Å². The van der Waals surface area contributed by atoms with E-state index in [1.54, 1.807) is 6.07 Å². The summed E-state index contributed by atoms with van der Waals surface area (Å²) in [7, 11) is -2.45. The highest BCUT2D eigenvalue weighted by Crippen LogP contribution is 2.68. The number of benzene rings is 3. The van der Waals surface area contributed by atoms with Crippen molar-refractivity contribution in [2.45, 2.75) is 70.9 Å². The van der Waals surface area contributed by atoms with Crippen LogP contribution in [0.15, 0.2) is 53.3 Å². The zero-order valence-corrected chi connectivity index (χ0v) is 35.3. The Morgan fingerprint density at radius 1 is 1.06 bits per heavy atom. The molecular formula is C41H39ClF6N8O5S. The van der Waals surface area contributed by atoms with Gasteiger partial charge in [-0.15, -0.1) is 0 Å². The molecule has 3 aromatic carbocycles. The molecule has 2 aliphatic rings. The number of aromatic nitrogens is 6. The summed E-state index contributed by atoms with van der Waals surface area (Å²) in [6.45, 7) is 5.43. The Kier molecular flexibility index (Phi) is 10.6. The van der Waals surface area contributed by atoms with Crippen LogP contribution in [-0.4, -0.2) is 56.3 Å². The second-order valence-corrected chi connectivity index (χ2v) is 19.0. The van der Waals surface area contributed by atoms with E-state index in [1.807, 2.05) is 20.8 Å². The molecule has 0 radical (unpaired) electrons. The standard InChI is InChI=1S/C41H39ClF6N8O5S/c1-40(2,3)10-11-61-22-6-7-23-27(16-22)50-38(56(39(23)58)29-9-8-26(42)32-34(29)54(4)52-37(32)53-62(5,59)60)28(14-19-12-20(43)15-21(44)13-19)49-30(57)18-55-35-31(33(51-55)36(45)46)24-17-25(24)41(35,47)48/h6-9,12-13,15-16,24-25,28,36H,10-11,14,17-18H2,1-5H3,(H,49,57)(H,52,53)/t24-,25+,28-/m0/s1. The van der Waals surface area contributed by atoms with Gasteiger partial charge in [0.15, 0.2) is 5.82 Å². The molecule has 3 aromatic heterocycles. The molecule has 21 heteroatoms. The molecule has 13 nitrogen and oxygen atoms in total. The summed E-state index contributed by atoms with van der Waals surface area (Å²) in [5.41, 5.74) is -2.54. The maximum Gasteiger partial charge on any atom is 0.293 e. The van der Waals surface area contributed by atoms with Crippen LogP contribution in [0.1, 0.15) is 80.3 Å². The lowest BCUT2D eigenvalue weighted by molar-refractivity contribution is -0.123. The first-order chi connectivity index (χ1) is 29.0. The number of carbonyl (C=O) groups excluding carboxylic acids is 1. The molecular weight excluding hydrogens is 866 g/mol. The third kappa shape index (κ3) is 8.09. The van der Waals surface area contributed by atoms with Gasteiger partial charge in [0.1, 0.15) is 41.1 Å². The van der Waals surface area contributed by atoms with Gasteiger partial charge in [0.25, 0.3) is 17.9 Å². The summed E-state index contributed by atoms with van der Waals surface area (Å²) in [6, 6.07) is 8.43. The lowest BCUT2D eigenvalue weighted by Crippen LogP contribution is -2.38. The van der Waals surface area contributed by atoms with Crippen molar-refractivity contribution in [3.8, 4) is 11.4 Å². The number of halogens is 7. The van der Waals surface area contributed by atoms with Gasteiger partial charge < -0.3 is 10.1 Å². The average Bonchev–Trinajstić information content (AvgIpc) is 3.69. The van der Waals surface area contributed by atoms with Crippen molar-refractivity contribution < 1.29 is 44.3 Å². The van der Waals surface area contributed by atoms with Gasteiger partial charge in [0.05, 0.1) is 51.4 Å². The van der Waals surface area contributed by atoms with Gasteiger partial charge in [-0.05, 0) is 66.1 Å². The highest BCUT2D eigenvalue weighted by Gasteiger charge is 2.67. The van der Waals surface area contributed by atoms with Crippen LogP contribution < -0.4 is 20.3 Å². The molecule has 0 aliphatic heterocycles. The van der Waals surface area contributed by atoms with E-state index in [-0.39, 0.29) is 67.1 Å². The van der Waals surface area contributed by atoms with E-state index in [0.717, 1.165) is 23.0 Å². The van der Waals surface area contributed by atoms with Gasteiger partial charge in [-0.2, -0.15) is 19.0 Å². The van der Waals surface area contributed by atoms with Gasteiger partial charge in [0.2, 0.25) is 15.9 Å². The highest BCUT2D eigenvalue weighted by molar-refractivity contribution is 7.92. The molecule has 62 heavy (non-hydrogen) atoms. The number of ether oxygens (including phenoxy) is 1. The normalized spacial score (nSPS) is 17.4. The Morgan fingerprint density at radius 3 is 2.44 bits per heavy atom. The Labute approximate surface area is 355 Å². The molecule has 0 saturated heterocycles. The summed E-state index contributed by atoms with van der Waals surface area (Å²) < 4.78 is 125. The number of hydrogen-bond donors (Lipinski definition) is 2. The fraction of sp³-hybridized carbons (Fsp3) is 0.390. The van der Waals surface area contributed by atoms with Crippen LogP contribution in [0.3, 0.4) is 0 Å². The van der Waals surface area contributed by atoms with Crippen LogP contribution in [0.5, 0.6) is 5.75 Å². The third-order valence-corrected chi connectivity index (χ3v) is 11.8. The van der Waals surface area contributed by atoms with Crippen LogP contribution in [0.4, 0.5) is 32.2 Å². The number of amides is 1. The quantitative estimate of drug-likeness (QED) is 0.111. The maximum absolute atomic E-state index is 15.5. The number of nitrogens with zero attached hydrogens (tertiary/aromatic N) is 6. The van der Waals surface area contributed by atoms with E-state index in [9.17, 15) is 35.6 Å². The van der Waals surface area contributed by atoms with Crippen molar-refractivity contribution >= 4 is 55.2 Å². The lowest BCUT2D eigenvalue weighted by atomic mass is 9.93. The molecule has 328 valence electrons. The number of sulfonamides is 1. The minimum Gasteiger partial charge on any atom is -0.493 e. The Hall–Kier alpha value is -5.63.